The Bertz CT molecular complexity index is 182. The van der Waals surface area contributed by atoms with Crippen molar-refractivity contribution in [2.45, 2.75) is 19.4 Å². The van der Waals surface area contributed by atoms with Gasteiger partial charge < -0.3 is 20.1 Å². The summed E-state index contributed by atoms with van der Waals surface area (Å²) in [5.74, 6) is -0.0865. The Morgan fingerprint density at radius 1 is 1.20 bits per heavy atom. The van der Waals surface area contributed by atoms with E-state index in [4.69, 9.17) is 15.2 Å². The van der Waals surface area contributed by atoms with Crippen molar-refractivity contribution in [1.29, 1.82) is 0 Å². The average Bonchev–Trinajstić information content (AvgIpc) is 2.16. The molecule has 15 heavy (non-hydrogen) atoms. The van der Waals surface area contributed by atoms with Crippen LogP contribution in [0.4, 0.5) is 0 Å². The number of nitrogens with zero attached hydrogens (tertiary/aromatic N) is 1. The molecule has 0 unspecified atom stereocenters. The van der Waals surface area contributed by atoms with E-state index in [2.05, 4.69) is 0 Å². The van der Waals surface area contributed by atoms with Crippen molar-refractivity contribution in [3.63, 3.8) is 0 Å². The van der Waals surface area contributed by atoms with Crippen molar-refractivity contribution < 1.29 is 14.3 Å². The number of hydrogen-bond donors (Lipinski definition) is 1. The van der Waals surface area contributed by atoms with Crippen LogP contribution in [0, 0.1) is 0 Å². The zero-order valence-corrected chi connectivity index (χ0v) is 10.1. The minimum Gasteiger partial charge on any atom is -0.383 e. The van der Waals surface area contributed by atoms with Gasteiger partial charge >= 0.3 is 0 Å². The van der Waals surface area contributed by atoms with Crippen LogP contribution in [0.2, 0.25) is 0 Å². The molecular formula is C10H22N2O3. The van der Waals surface area contributed by atoms with Crippen molar-refractivity contribution in [3.05, 3.63) is 0 Å². The molecule has 0 fully saturated rings. The molecule has 0 saturated carbocycles. The first-order valence-corrected chi connectivity index (χ1v) is 4.99. The summed E-state index contributed by atoms with van der Waals surface area (Å²) in [5, 5.41) is 0. The highest BCUT2D eigenvalue weighted by Gasteiger charge is 2.27. The molecule has 0 heterocycles. The van der Waals surface area contributed by atoms with Crippen LogP contribution in [0.25, 0.3) is 0 Å². The topological polar surface area (TPSA) is 64.8 Å². The first-order chi connectivity index (χ1) is 6.93. The monoisotopic (exact) mass is 218 g/mol. The van der Waals surface area contributed by atoms with Crippen molar-refractivity contribution in [2.24, 2.45) is 5.73 Å². The fourth-order valence-corrected chi connectivity index (χ4v) is 1.13. The zero-order valence-electron chi connectivity index (χ0n) is 10.1. The van der Waals surface area contributed by atoms with E-state index < -0.39 is 5.54 Å². The van der Waals surface area contributed by atoms with Crippen LogP contribution in [0.1, 0.15) is 13.8 Å². The van der Waals surface area contributed by atoms with E-state index in [-0.39, 0.29) is 5.91 Å². The molecule has 0 atom stereocenters. The third kappa shape index (κ3) is 5.71. The number of ether oxygens (including phenoxy) is 2. The number of methoxy groups -OCH3 is 2. The molecule has 0 aromatic rings. The maximum absolute atomic E-state index is 11.9. The van der Waals surface area contributed by atoms with Crippen LogP contribution in [0.5, 0.6) is 0 Å². The fourth-order valence-electron chi connectivity index (χ4n) is 1.13. The minimum absolute atomic E-state index is 0.0865. The lowest BCUT2D eigenvalue weighted by atomic mass is 10.1. The van der Waals surface area contributed by atoms with E-state index in [0.29, 0.717) is 26.3 Å². The Hall–Kier alpha value is -0.650. The molecule has 0 aromatic heterocycles. The quantitative estimate of drug-likeness (QED) is 0.645. The smallest absolute Gasteiger partial charge is 0.242 e. The zero-order chi connectivity index (χ0) is 11.9. The van der Waals surface area contributed by atoms with Crippen LogP contribution in [-0.4, -0.2) is 56.9 Å². The van der Waals surface area contributed by atoms with E-state index in [1.54, 1.807) is 33.0 Å². The molecule has 5 heteroatoms. The number of nitrogens with two attached hydrogens (primary N) is 1. The van der Waals surface area contributed by atoms with Crippen LogP contribution < -0.4 is 5.73 Å². The minimum atomic E-state index is -0.846. The van der Waals surface area contributed by atoms with E-state index in [1.165, 1.54) is 0 Å². The second kappa shape index (κ2) is 6.76. The molecule has 0 aromatic carbocycles. The van der Waals surface area contributed by atoms with Gasteiger partial charge in [-0.05, 0) is 13.8 Å². The van der Waals surface area contributed by atoms with E-state index in [0.717, 1.165) is 0 Å². The van der Waals surface area contributed by atoms with Gasteiger partial charge in [0.1, 0.15) is 0 Å². The average molecular weight is 218 g/mol. The molecule has 1 amide bonds. The molecule has 5 nitrogen and oxygen atoms in total. The van der Waals surface area contributed by atoms with Gasteiger partial charge in [-0.15, -0.1) is 0 Å². The van der Waals surface area contributed by atoms with Gasteiger partial charge in [0.25, 0.3) is 0 Å². The van der Waals surface area contributed by atoms with Gasteiger partial charge in [-0.1, -0.05) is 0 Å². The first-order valence-electron chi connectivity index (χ1n) is 4.99. The molecule has 0 spiro atoms. The number of rotatable bonds is 7. The third-order valence-electron chi connectivity index (χ3n) is 1.97. The maximum Gasteiger partial charge on any atom is 0.242 e. The summed E-state index contributed by atoms with van der Waals surface area (Å²) < 4.78 is 9.88. The van der Waals surface area contributed by atoms with Crippen molar-refractivity contribution >= 4 is 5.91 Å². The summed E-state index contributed by atoms with van der Waals surface area (Å²) in [6.07, 6.45) is 0. The summed E-state index contributed by atoms with van der Waals surface area (Å²) in [6, 6.07) is 0. The second-order valence-electron chi connectivity index (χ2n) is 4.00. The Balaban J connectivity index is 4.27. The van der Waals surface area contributed by atoms with Gasteiger partial charge in [-0.3, -0.25) is 4.79 Å². The standard InChI is InChI=1S/C10H22N2O3/c1-10(2,11)9(13)12(5-7-14-3)6-8-15-4/h5-8,11H2,1-4H3. The molecule has 90 valence electrons. The largest absolute Gasteiger partial charge is 0.383 e. The molecule has 0 radical (unpaired) electrons. The van der Waals surface area contributed by atoms with Gasteiger partial charge in [-0.2, -0.15) is 0 Å². The number of carbonyl (C=O) groups is 1. The van der Waals surface area contributed by atoms with Gasteiger partial charge in [0.2, 0.25) is 5.91 Å². The molecular weight excluding hydrogens is 196 g/mol. The SMILES string of the molecule is COCCN(CCOC)C(=O)C(C)(C)N. The normalized spacial score (nSPS) is 11.5. The first kappa shape index (κ1) is 14.3. The molecule has 2 N–H and O–H groups in total. The van der Waals surface area contributed by atoms with E-state index in [9.17, 15) is 4.79 Å². The Labute approximate surface area is 91.5 Å². The lowest BCUT2D eigenvalue weighted by molar-refractivity contribution is -0.137. The van der Waals surface area contributed by atoms with Crippen molar-refractivity contribution in [1.82, 2.24) is 4.90 Å². The van der Waals surface area contributed by atoms with Gasteiger partial charge in [0.05, 0.1) is 18.8 Å². The number of amides is 1. The Morgan fingerprint density at radius 3 is 1.87 bits per heavy atom. The highest BCUT2D eigenvalue weighted by atomic mass is 16.5. The third-order valence-corrected chi connectivity index (χ3v) is 1.97. The predicted molar refractivity (Wildman–Crippen MR) is 58.6 cm³/mol. The summed E-state index contributed by atoms with van der Waals surface area (Å²) in [4.78, 5) is 13.5. The lowest BCUT2D eigenvalue weighted by Crippen LogP contribution is -2.52. The van der Waals surface area contributed by atoms with Gasteiger partial charge in [0.15, 0.2) is 0 Å². The second-order valence-corrected chi connectivity index (χ2v) is 4.00. The van der Waals surface area contributed by atoms with Crippen LogP contribution in [0.3, 0.4) is 0 Å². The summed E-state index contributed by atoms with van der Waals surface area (Å²) in [5.41, 5.74) is 4.90. The molecule has 0 aliphatic rings. The molecule has 0 rings (SSSR count). The summed E-state index contributed by atoms with van der Waals surface area (Å²) in [6.45, 7) is 5.49. The van der Waals surface area contributed by atoms with Crippen LogP contribution in [0.15, 0.2) is 0 Å². The molecule has 0 aliphatic carbocycles. The van der Waals surface area contributed by atoms with Crippen molar-refractivity contribution in [2.75, 3.05) is 40.5 Å². The van der Waals surface area contributed by atoms with Gasteiger partial charge in [-0.25, -0.2) is 0 Å². The summed E-state index contributed by atoms with van der Waals surface area (Å²) in [7, 11) is 3.21. The van der Waals surface area contributed by atoms with Crippen LogP contribution in [-0.2, 0) is 14.3 Å². The lowest BCUT2D eigenvalue weighted by Gasteiger charge is -2.28. The maximum atomic E-state index is 11.9. The molecule has 0 aliphatic heterocycles. The summed E-state index contributed by atoms with van der Waals surface area (Å²) >= 11 is 0. The van der Waals surface area contributed by atoms with E-state index >= 15 is 0 Å². The molecule has 0 saturated heterocycles. The van der Waals surface area contributed by atoms with E-state index in [1.807, 2.05) is 0 Å². The van der Waals surface area contributed by atoms with Gasteiger partial charge in [0, 0.05) is 27.3 Å². The highest BCUT2D eigenvalue weighted by Crippen LogP contribution is 2.04. The highest BCUT2D eigenvalue weighted by molar-refractivity contribution is 5.85. The Kier molecular flexibility index (Phi) is 6.47. The number of hydrogen-bond acceptors (Lipinski definition) is 4. The molecule has 0 bridgehead atoms. The predicted octanol–water partition coefficient (Wildman–Crippen LogP) is -0.155. The fraction of sp³-hybridized carbons (Fsp3) is 0.900. The van der Waals surface area contributed by atoms with Crippen LogP contribution >= 0.6 is 0 Å². The van der Waals surface area contributed by atoms with Crippen molar-refractivity contribution in [3.8, 4) is 0 Å². The number of carbonyl (C=O) groups excluding carboxylic acids is 1. The Morgan fingerprint density at radius 2 is 1.60 bits per heavy atom.